The van der Waals surface area contributed by atoms with E-state index < -0.39 is 21.2 Å². The molecule has 0 bridgehead atoms. The van der Waals surface area contributed by atoms with Gasteiger partial charge in [-0.2, -0.15) is 0 Å². The Morgan fingerprint density at radius 1 is 1.64 bits per heavy atom. The number of rotatable bonds is 5. The standard InChI is InChI=1S/C8H18N2O3S/c1-3-5-14(10,13)6-4-8(2,9)7(11)12/h6H,3-5,9H2,1-2H3,(H2,10,13)(H,11,12)/t8-,14?/m0/s1. The highest BCUT2D eigenvalue weighted by molar-refractivity contribution is 7.99. The predicted molar refractivity (Wildman–Crippen MR) is 58.4 cm³/mol. The number of carboxylic acid groups (broad SMARTS) is 1. The highest BCUT2D eigenvalue weighted by Gasteiger charge is 2.26. The van der Waals surface area contributed by atoms with E-state index in [-0.39, 0.29) is 6.42 Å². The third-order valence-corrected chi connectivity index (χ3v) is 3.58. The van der Waals surface area contributed by atoms with Crippen molar-refractivity contribution < 1.29 is 14.1 Å². The van der Waals surface area contributed by atoms with E-state index in [4.69, 9.17) is 16.0 Å². The zero-order chi connectivity index (χ0) is 11.4. The van der Waals surface area contributed by atoms with Crippen LogP contribution < -0.4 is 10.9 Å². The van der Waals surface area contributed by atoms with Gasteiger partial charge in [0.2, 0.25) is 0 Å². The second-order valence-corrected chi connectivity index (χ2v) is 5.88. The maximum Gasteiger partial charge on any atom is 0.323 e. The molecule has 0 heterocycles. The molecule has 0 saturated carbocycles. The van der Waals surface area contributed by atoms with E-state index >= 15 is 0 Å². The number of carboxylic acids is 1. The van der Waals surface area contributed by atoms with Crippen LogP contribution >= 0.6 is 0 Å². The number of hydrogen-bond donors (Lipinski definition) is 3. The van der Waals surface area contributed by atoms with Gasteiger partial charge < -0.3 is 10.8 Å². The van der Waals surface area contributed by atoms with E-state index in [0.29, 0.717) is 12.2 Å². The molecule has 0 fully saturated rings. The molecule has 0 aromatic heterocycles. The molecule has 14 heavy (non-hydrogen) atoms. The zero-order valence-electron chi connectivity index (χ0n) is 8.53. The first-order valence-electron chi connectivity index (χ1n) is 4.36. The fourth-order valence-electron chi connectivity index (χ4n) is 0.804. The van der Waals surface area contributed by atoms with Gasteiger partial charge in [-0.25, -0.2) is 0 Å². The average Bonchev–Trinajstić information content (AvgIpc) is 2.01. The maximum atomic E-state index is 11.5. The highest BCUT2D eigenvalue weighted by atomic mass is 32.2. The Morgan fingerprint density at radius 2 is 2.14 bits per heavy atom. The first-order chi connectivity index (χ1) is 6.21. The Hall–Kier alpha value is -0.590. The summed E-state index contributed by atoms with van der Waals surface area (Å²) in [4.78, 5) is 10.6. The van der Waals surface area contributed by atoms with Crippen LogP contribution in [0.3, 0.4) is 0 Å². The molecular weight excluding hydrogens is 204 g/mol. The van der Waals surface area contributed by atoms with Gasteiger partial charge in [0.15, 0.2) is 0 Å². The van der Waals surface area contributed by atoms with Gasteiger partial charge in [0, 0.05) is 21.9 Å². The van der Waals surface area contributed by atoms with Crippen LogP contribution in [0.5, 0.6) is 0 Å². The van der Waals surface area contributed by atoms with Crippen molar-refractivity contribution in [1.29, 1.82) is 0 Å². The third-order valence-electron chi connectivity index (χ3n) is 1.80. The molecule has 5 N–H and O–H groups in total. The van der Waals surface area contributed by atoms with Crippen molar-refractivity contribution >= 4 is 21.0 Å². The number of hydrogen-bond acceptors (Lipinski definition) is 3. The number of nitrogens with two attached hydrogens (primary N) is 2. The largest absolute Gasteiger partial charge is 0.480 e. The van der Waals surface area contributed by atoms with Crippen LogP contribution in [-0.2, 0) is 14.5 Å². The Morgan fingerprint density at radius 3 is 2.50 bits per heavy atom. The summed E-state index contributed by atoms with van der Waals surface area (Å²) in [5.41, 5.74) is 4.06. The van der Waals surface area contributed by atoms with Gasteiger partial charge in [0.25, 0.3) is 0 Å². The Labute approximate surface area is 84.6 Å². The summed E-state index contributed by atoms with van der Waals surface area (Å²) in [5.74, 6) is -0.761. The molecule has 2 atom stereocenters. The lowest BCUT2D eigenvalue weighted by Gasteiger charge is -2.17. The van der Waals surface area contributed by atoms with Gasteiger partial charge in [-0.05, 0) is 18.7 Å². The van der Waals surface area contributed by atoms with E-state index in [1.54, 1.807) is 0 Å². The molecule has 0 aromatic carbocycles. The van der Waals surface area contributed by atoms with Crippen LogP contribution in [0.25, 0.3) is 0 Å². The van der Waals surface area contributed by atoms with Crippen LogP contribution in [0.4, 0.5) is 0 Å². The lowest BCUT2D eigenvalue weighted by Crippen LogP contribution is -2.45. The molecular formula is C8H18N2O3S. The van der Waals surface area contributed by atoms with Crippen molar-refractivity contribution in [2.45, 2.75) is 32.2 Å². The molecule has 0 rings (SSSR count). The quantitative estimate of drug-likeness (QED) is 0.547. The van der Waals surface area contributed by atoms with Gasteiger partial charge in [0.05, 0.1) is 0 Å². The zero-order valence-corrected chi connectivity index (χ0v) is 9.34. The molecule has 0 spiro atoms. The van der Waals surface area contributed by atoms with Gasteiger partial charge in [-0.3, -0.25) is 14.1 Å². The van der Waals surface area contributed by atoms with Crippen LogP contribution in [0.1, 0.15) is 26.7 Å². The van der Waals surface area contributed by atoms with Crippen molar-refractivity contribution in [2.24, 2.45) is 10.9 Å². The van der Waals surface area contributed by atoms with Crippen molar-refractivity contribution in [3.8, 4) is 0 Å². The summed E-state index contributed by atoms with van der Waals surface area (Å²) in [6.45, 7) is 3.23. The smallest absolute Gasteiger partial charge is 0.323 e. The summed E-state index contributed by atoms with van der Waals surface area (Å²) in [7, 11) is -2.52. The predicted octanol–water partition coefficient (Wildman–Crippen LogP) is -0.451. The SMILES string of the molecule is CCCS(N)(=O)=CC[C@](C)(N)C(=O)O. The average molecular weight is 222 g/mol. The molecule has 6 heteroatoms. The molecule has 0 amide bonds. The van der Waals surface area contributed by atoms with Crippen molar-refractivity contribution in [1.82, 2.24) is 0 Å². The second-order valence-electron chi connectivity index (χ2n) is 3.58. The van der Waals surface area contributed by atoms with Crippen LogP contribution in [0.15, 0.2) is 0 Å². The Bertz CT molecular complexity index is 317. The summed E-state index contributed by atoms with van der Waals surface area (Å²) in [6, 6.07) is 0. The summed E-state index contributed by atoms with van der Waals surface area (Å²) < 4.78 is 11.5. The lowest BCUT2D eigenvalue weighted by atomic mass is 10.0. The molecule has 0 aromatic rings. The molecule has 0 aliphatic rings. The monoisotopic (exact) mass is 222 g/mol. The summed E-state index contributed by atoms with van der Waals surface area (Å²) in [6.07, 6.45) is 0.706. The van der Waals surface area contributed by atoms with E-state index in [1.807, 2.05) is 6.92 Å². The van der Waals surface area contributed by atoms with Crippen LogP contribution in [0.2, 0.25) is 0 Å². The lowest BCUT2D eigenvalue weighted by molar-refractivity contribution is -0.142. The first kappa shape index (κ1) is 13.4. The summed E-state index contributed by atoms with van der Waals surface area (Å²) >= 11 is 0. The molecule has 0 radical (unpaired) electrons. The molecule has 0 aliphatic carbocycles. The van der Waals surface area contributed by atoms with Crippen molar-refractivity contribution in [3.05, 3.63) is 0 Å². The number of aliphatic carboxylic acids is 1. The van der Waals surface area contributed by atoms with E-state index in [1.165, 1.54) is 12.3 Å². The number of carbonyl (C=O) groups is 1. The van der Waals surface area contributed by atoms with Crippen molar-refractivity contribution in [2.75, 3.05) is 5.75 Å². The minimum Gasteiger partial charge on any atom is -0.480 e. The fourth-order valence-corrected chi connectivity index (χ4v) is 2.24. The second kappa shape index (κ2) is 4.77. The van der Waals surface area contributed by atoms with E-state index in [2.05, 4.69) is 0 Å². The highest BCUT2D eigenvalue weighted by Crippen LogP contribution is 2.04. The topological polar surface area (TPSA) is 106 Å². The third kappa shape index (κ3) is 4.59. The molecule has 0 aliphatic heterocycles. The van der Waals surface area contributed by atoms with E-state index in [9.17, 15) is 9.00 Å². The van der Waals surface area contributed by atoms with Gasteiger partial charge in [0.1, 0.15) is 5.54 Å². The Kier molecular flexibility index (Phi) is 4.57. The van der Waals surface area contributed by atoms with E-state index in [0.717, 1.165) is 0 Å². The molecule has 5 nitrogen and oxygen atoms in total. The summed E-state index contributed by atoms with van der Waals surface area (Å²) in [5, 5.41) is 15.5. The van der Waals surface area contributed by atoms with Crippen LogP contribution in [-0.4, -0.2) is 31.9 Å². The molecule has 0 saturated heterocycles. The molecule has 1 unspecified atom stereocenters. The van der Waals surface area contributed by atoms with Crippen LogP contribution in [0, 0.1) is 0 Å². The Balaban J connectivity index is 4.57. The first-order valence-corrected chi connectivity index (χ1v) is 6.22. The molecule has 84 valence electrons. The fraction of sp³-hybridized carbons (Fsp3) is 0.750. The normalized spacial score (nSPS) is 19.4. The van der Waals surface area contributed by atoms with Crippen molar-refractivity contribution in [3.63, 3.8) is 0 Å². The van der Waals surface area contributed by atoms with Gasteiger partial charge in [-0.15, -0.1) is 0 Å². The maximum absolute atomic E-state index is 11.5. The minimum atomic E-state index is -2.52. The van der Waals surface area contributed by atoms with Gasteiger partial charge in [-0.1, -0.05) is 6.92 Å². The van der Waals surface area contributed by atoms with Gasteiger partial charge >= 0.3 is 5.97 Å². The minimum absolute atomic E-state index is 0.0116.